The summed E-state index contributed by atoms with van der Waals surface area (Å²) in [5, 5.41) is 7.49. The molecule has 5 nitrogen and oxygen atoms in total. The van der Waals surface area contributed by atoms with Crippen molar-refractivity contribution in [3.8, 4) is 0 Å². The first kappa shape index (κ1) is 15.6. The minimum atomic E-state index is -0.557. The van der Waals surface area contributed by atoms with Gasteiger partial charge in [-0.25, -0.2) is 4.79 Å². The number of amides is 3. The Morgan fingerprint density at radius 3 is 2.78 bits per heavy atom. The maximum Gasteiger partial charge on any atom is 0.319 e. The van der Waals surface area contributed by atoms with Gasteiger partial charge in [0.15, 0.2) is 0 Å². The molecule has 0 saturated carbocycles. The fourth-order valence-corrected chi connectivity index (χ4v) is 3.55. The standard InChI is InChI=1S/C17H19N3O2S/c1-12(18-17(22)19-14-5-3-2-4-6-14)16(21)20-9-7-15-13(11-20)8-10-23-15/h2-6,8,10,12H,7,9,11H2,1H3,(H2,18,19,22)/t12-/m1/s1. The van der Waals surface area contributed by atoms with Crippen molar-refractivity contribution in [3.05, 3.63) is 52.2 Å². The van der Waals surface area contributed by atoms with E-state index in [2.05, 4.69) is 22.1 Å². The fraction of sp³-hybridized carbons (Fsp3) is 0.294. The Morgan fingerprint density at radius 1 is 1.22 bits per heavy atom. The quantitative estimate of drug-likeness (QED) is 0.909. The zero-order chi connectivity index (χ0) is 16.2. The molecule has 0 radical (unpaired) electrons. The normalized spacial score (nSPS) is 14.7. The number of rotatable bonds is 3. The fourth-order valence-electron chi connectivity index (χ4n) is 2.66. The van der Waals surface area contributed by atoms with Gasteiger partial charge in [-0.3, -0.25) is 4.79 Å². The highest BCUT2D eigenvalue weighted by atomic mass is 32.1. The molecule has 1 aromatic heterocycles. The maximum absolute atomic E-state index is 12.5. The van der Waals surface area contributed by atoms with Crippen molar-refractivity contribution in [1.82, 2.24) is 10.2 Å². The van der Waals surface area contributed by atoms with Crippen LogP contribution >= 0.6 is 11.3 Å². The lowest BCUT2D eigenvalue weighted by Gasteiger charge is -2.29. The molecule has 1 aromatic carbocycles. The SMILES string of the molecule is C[C@@H](NC(=O)Nc1ccccc1)C(=O)N1CCc2sccc2C1. The Morgan fingerprint density at radius 2 is 2.00 bits per heavy atom. The first-order valence-electron chi connectivity index (χ1n) is 7.60. The van der Waals surface area contributed by atoms with Crippen LogP contribution in [0.1, 0.15) is 17.4 Å². The van der Waals surface area contributed by atoms with Crippen molar-refractivity contribution in [2.45, 2.75) is 25.9 Å². The second-order valence-electron chi connectivity index (χ2n) is 5.56. The monoisotopic (exact) mass is 329 g/mol. The number of thiophene rings is 1. The highest BCUT2D eigenvalue weighted by molar-refractivity contribution is 7.10. The third kappa shape index (κ3) is 3.71. The van der Waals surface area contributed by atoms with Crippen molar-refractivity contribution in [1.29, 1.82) is 0 Å². The van der Waals surface area contributed by atoms with Gasteiger partial charge in [-0.05, 0) is 42.5 Å². The van der Waals surface area contributed by atoms with Crippen LogP contribution in [-0.4, -0.2) is 29.4 Å². The van der Waals surface area contributed by atoms with Crippen LogP contribution in [0, 0.1) is 0 Å². The number of carbonyl (C=O) groups is 2. The molecule has 0 bridgehead atoms. The number of nitrogens with zero attached hydrogens (tertiary/aromatic N) is 1. The van der Waals surface area contributed by atoms with Gasteiger partial charge in [0.05, 0.1) is 0 Å². The summed E-state index contributed by atoms with van der Waals surface area (Å²) in [7, 11) is 0. The lowest BCUT2D eigenvalue weighted by molar-refractivity contribution is -0.133. The maximum atomic E-state index is 12.5. The van der Waals surface area contributed by atoms with Crippen LogP contribution in [-0.2, 0) is 17.8 Å². The van der Waals surface area contributed by atoms with Gasteiger partial charge in [-0.15, -0.1) is 11.3 Å². The van der Waals surface area contributed by atoms with E-state index in [9.17, 15) is 9.59 Å². The molecule has 2 heterocycles. The van der Waals surface area contributed by atoms with E-state index in [-0.39, 0.29) is 11.9 Å². The zero-order valence-electron chi connectivity index (χ0n) is 12.9. The summed E-state index contributed by atoms with van der Waals surface area (Å²) in [6.07, 6.45) is 0.891. The molecule has 1 atom stereocenters. The molecule has 2 aromatic rings. The minimum Gasteiger partial charge on any atom is -0.336 e. The summed E-state index contributed by atoms with van der Waals surface area (Å²) >= 11 is 1.74. The predicted molar refractivity (Wildman–Crippen MR) is 91.5 cm³/mol. The second-order valence-corrected chi connectivity index (χ2v) is 6.57. The molecule has 0 aliphatic carbocycles. The molecular formula is C17H19N3O2S. The Balaban J connectivity index is 1.55. The van der Waals surface area contributed by atoms with Gasteiger partial charge in [-0.2, -0.15) is 0 Å². The molecule has 23 heavy (non-hydrogen) atoms. The van der Waals surface area contributed by atoms with Crippen LogP contribution in [0.2, 0.25) is 0 Å². The van der Waals surface area contributed by atoms with Gasteiger partial charge in [0, 0.05) is 23.7 Å². The van der Waals surface area contributed by atoms with Crippen LogP contribution < -0.4 is 10.6 Å². The molecular weight excluding hydrogens is 310 g/mol. The number of hydrogen-bond acceptors (Lipinski definition) is 3. The molecule has 3 amide bonds. The van der Waals surface area contributed by atoms with E-state index in [1.807, 2.05) is 23.1 Å². The topological polar surface area (TPSA) is 61.4 Å². The largest absolute Gasteiger partial charge is 0.336 e. The van der Waals surface area contributed by atoms with Crippen LogP contribution in [0.25, 0.3) is 0 Å². The summed E-state index contributed by atoms with van der Waals surface area (Å²) in [5.74, 6) is -0.0509. The van der Waals surface area contributed by atoms with Gasteiger partial charge in [0.1, 0.15) is 6.04 Å². The van der Waals surface area contributed by atoms with Crippen LogP contribution in [0.5, 0.6) is 0 Å². The second kappa shape index (κ2) is 6.83. The predicted octanol–water partition coefficient (Wildman–Crippen LogP) is 2.84. The zero-order valence-corrected chi connectivity index (χ0v) is 13.7. The molecule has 120 valence electrons. The van der Waals surface area contributed by atoms with Crippen molar-refractivity contribution in [3.63, 3.8) is 0 Å². The minimum absolute atomic E-state index is 0.0509. The van der Waals surface area contributed by atoms with Crippen molar-refractivity contribution >= 4 is 29.0 Å². The summed E-state index contributed by atoms with van der Waals surface area (Å²) in [6.45, 7) is 3.05. The lowest BCUT2D eigenvalue weighted by Crippen LogP contribution is -2.49. The number of carbonyl (C=O) groups excluding carboxylic acids is 2. The third-order valence-electron chi connectivity index (χ3n) is 3.87. The van der Waals surface area contributed by atoms with Crippen molar-refractivity contribution < 1.29 is 9.59 Å². The molecule has 1 aliphatic heterocycles. The number of fused-ring (bicyclic) bond motifs is 1. The van der Waals surface area contributed by atoms with Crippen LogP contribution in [0.4, 0.5) is 10.5 Å². The molecule has 3 rings (SSSR count). The molecule has 0 saturated heterocycles. The number of hydrogen-bond donors (Lipinski definition) is 2. The molecule has 0 spiro atoms. The molecule has 1 aliphatic rings. The Hall–Kier alpha value is -2.34. The van der Waals surface area contributed by atoms with Gasteiger partial charge in [-0.1, -0.05) is 18.2 Å². The lowest BCUT2D eigenvalue weighted by atomic mass is 10.1. The highest BCUT2D eigenvalue weighted by Crippen LogP contribution is 2.24. The summed E-state index contributed by atoms with van der Waals surface area (Å²) < 4.78 is 0. The van der Waals surface area contributed by atoms with Gasteiger partial charge < -0.3 is 15.5 Å². The summed E-state index contributed by atoms with van der Waals surface area (Å²) in [4.78, 5) is 27.6. The van der Waals surface area contributed by atoms with E-state index in [0.717, 1.165) is 6.42 Å². The van der Waals surface area contributed by atoms with Gasteiger partial charge in [0.25, 0.3) is 0 Å². The number of benzene rings is 1. The third-order valence-corrected chi connectivity index (χ3v) is 4.89. The molecule has 0 unspecified atom stereocenters. The van der Waals surface area contributed by atoms with E-state index < -0.39 is 6.04 Å². The Kier molecular flexibility index (Phi) is 4.62. The van der Waals surface area contributed by atoms with Crippen LogP contribution in [0.3, 0.4) is 0 Å². The van der Waals surface area contributed by atoms with Gasteiger partial charge in [0.2, 0.25) is 5.91 Å². The Labute approximate surface area is 139 Å². The highest BCUT2D eigenvalue weighted by Gasteiger charge is 2.26. The Bertz CT molecular complexity index is 699. The number of para-hydroxylation sites is 1. The first-order valence-corrected chi connectivity index (χ1v) is 8.48. The van der Waals surface area contributed by atoms with Gasteiger partial charge >= 0.3 is 6.03 Å². The van der Waals surface area contributed by atoms with E-state index in [1.165, 1.54) is 10.4 Å². The average molecular weight is 329 g/mol. The van der Waals surface area contributed by atoms with Crippen molar-refractivity contribution in [2.75, 3.05) is 11.9 Å². The van der Waals surface area contributed by atoms with Crippen molar-refractivity contribution in [2.24, 2.45) is 0 Å². The number of nitrogens with one attached hydrogen (secondary N) is 2. The van der Waals surface area contributed by atoms with E-state index in [4.69, 9.17) is 0 Å². The summed E-state index contributed by atoms with van der Waals surface area (Å²) in [5.41, 5.74) is 1.92. The molecule has 0 fully saturated rings. The van der Waals surface area contributed by atoms with E-state index >= 15 is 0 Å². The van der Waals surface area contributed by atoms with Crippen LogP contribution in [0.15, 0.2) is 41.8 Å². The molecule has 2 N–H and O–H groups in total. The first-order chi connectivity index (χ1) is 11.1. The number of anilines is 1. The smallest absolute Gasteiger partial charge is 0.319 e. The van der Waals surface area contributed by atoms with E-state index in [0.29, 0.717) is 18.8 Å². The molecule has 6 heteroatoms. The number of urea groups is 1. The van der Waals surface area contributed by atoms with E-state index in [1.54, 1.807) is 30.4 Å². The summed E-state index contributed by atoms with van der Waals surface area (Å²) in [6, 6.07) is 10.3. The average Bonchev–Trinajstić information content (AvgIpc) is 3.02.